The van der Waals surface area contributed by atoms with Gasteiger partial charge in [0.15, 0.2) is 0 Å². The van der Waals surface area contributed by atoms with Gasteiger partial charge in [-0.2, -0.15) is 0 Å². The molecule has 4 rings (SSSR count). The maximum absolute atomic E-state index is 3.47. The minimum Gasteiger partial charge on any atom is -0.374 e. The van der Waals surface area contributed by atoms with E-state index >= 15 is 0 Å². The van der Waals surface area contributed by atoms with E-state index in [-0.39, 0.29) is 0 Å². The highest BCUT2D eigenvalue weighted by Gasteiger charge is 2.25. The minimum absolute atomic E-state index is 0.294. The van der Waals surface area contributed by atoms with Crippen LogP contribution in [0, 0.1) is 0 Å². The van der Waals surface area contributed by atoms with Crippen molar-refractivity contribution in [2.45, 2.75) is 26.3 Å². The number of aromatic amines is 1. The predicted molar refractivity (Wildman–Crippen MR) is 106 cm³/mol. The van der Waals surface area contributed by atoms with Gasteiger partial charge >= 0.3 is 0 Å². The SMILES string of the molecule is CCN(CC)C(c1ccc2c(c1)CCN2C)c1c[nH]c2ccccc12. The quantitative estimate of drug-likeness (QED) is 0.737. The fraction of sp³-hybridized carbons (Fsp3) is 0.364. The third-order valence-corrected chi connectivity index (χ3v) is 5.64. The first kappa shape index (κ1) is 16.2. The normalized spacial score (nSPS) is 15.1. The molecule has 0 fully saturated rings. The highest BCUT2D eigenvalue weighted by Crippen LogP contribution is 2.36. The molecule has 0 spiro atoms. The Labute approximate surface area is 150 Å². The van der Waals surface area contributed by atoms with Crippen molar-refractivity contribution in [1.29, 1.82) is 0 Å². The van der Waals surface area contributed by atoms with E-state index in [1.165, 1.54) is 33.3 Å². The third kappa shape index (κ3) is 2.73. The van der Waals surface area contributed by atoms with Gasteiger partial charge in [-0.15, -0.1) is 0 Å². The molecule has 1 atom stereocenters. The van der Waals surface area contributed by atoms with Crippen molar-refractivity contribution in [2.75, 3.05) is 31.6 Å². The van der Waals surface area contributed by atoms with E-state index < -0.39 is 0 Å². The zero-order valence-electron chi connectivity index (χ0n) is 15.4. The lowest BCUT2D eigenvalue weighted by atomic mass is 9.94. The molecule has 0 radical (unpaired) electrons. The van der Waals surface area contributed by atoms with Gasteiger partial charge in [0.2, 0.25) is 0 Å². The van der Waals surface area contributed by atoms with Crippen LogP contribution in [0.1, 0.15) is 36.6 Å². The van der Waals surface area contributed by atoms with Crippen LogP contribution in [0.3, 0.4) is 0 Å². The van der Waals surface area contributed by atoms with E-state index in [0.29, 0.717) is 6.04 Å². The summed E-state index contributed by atoms with van der Waals surface area (Å²) >= 11 is 0. The maximum atomic E-state index is 3.47. The Morgan fingerprint density at radius 3 is 2.72 bits per heavy atom. The number of H-pyrrole nitrogens is 1. The molecule has 3 heteroatoms. The largest absolute Gasteiger partial charge is 0.374 e. The molecule has 3 nitrogen and oxygen atoms in total. The summed E-state index contributed by atoms with van der Waals surface area (Å²) in [6.07, 6.45) is 3.35. The highest BCUT2D eigenvalue weighted by atomic mass is 15.1. The zero-order valence-corrected chi connectivity index (χ0v) is 15.4. The lowest BCUT2D eigenvalue weighted by Crippen LogP contribution is -2.29. The van der Waals surface area contributed by atoms with Crippen LogP contribution in [0.15, 0.2) is 48.7 Å². The predicted octanol–water partition coefficient (Wildman–Crippen LogP) is 4.59. The van der Waals surface area contributed by atoms with E-state index in [4.69, 9.17) is 0 Å². The molecule has 1 aliphatic heterocycles. The second-order valence-electron chi connectivity index (χ2n) is 6.97. The molecule has 25 heavy (non-hydrogen) atoms. The zero-order chi connectivity index (χ0) is 17.4. The number of aromatic nitrogens is 1. The van der Waals surface area contributed by atoms with Gasteiger partial charge in [-0.1, -0.05) is 44.2 Å². The van der Waals surface area contributed by atoms with Gasteiger partial charge in [0.1, 0.15) is 0 Å². The first-order chi connectivity index (χ1) is 12.2. The monoisotopic (exact) mass is 333 g/mol. The number of nitrogens with zero attached hydrogens (tertiary/aromatic N) is 2. The summed E-state index contributed by atoms with van der Waals surface area (Å²) in [5.74, 6) is 0. The molecule has 1 N–H and O–H groups in total. The van der Waals surface area contributed by atoms with E-state index in [1.807, 2.05) is 0 Å². The molecular weight excluding hydrogens is 306 g/mol. The van der Waals surface area contributed by atoms with Crippen molar-refractivity contribution in [3.05, 3.63) is 65.4 Å². The van der Waals surface area contributed by atoms with Gasteiger partial charge in [0.25, 0.3) is 0 Å². The molecule has 0 saturated heterocycles. The molecule has 0 aliphatic carbocycles. The number of anilines is 1. The summed E-state index contributed by atoms with van der Waals surface area (Å²) in [7, 11) is 2.19. The van der Waals surface area contributed by atoms with Gasteiger partial charge in [-0.05, 0) is 48.3 Å². The molecule has 130 valence electrons. The van der Waals surface area contributed by atoms with Crippen LogP contribution in [-0.2, 0) is 6.42 Å². The number of rotatable bonds is 5. The van der Waals surface area contributed by atoms with Gasteiger partial charge in [0, 0.05) is 36.4 Å². The van der Waals surface area contributed by atoms with Crippen LogP contribution >= 0.6 is 0 Å². The van der Waals surface area contributed by atoms with Gasteiger partial charge in [-0.25, -0.2) is 0 Å². The van der Waals surface area contributed by atoms with E-state index in [0.717, 1.165) is 26.1 Å². The summed E-state index contributed by atoms with van der Waals surface area (Å²) in [4.78, 5) is 8.38. The molecule has 2 heterocycles. The number of likely N-dealkylation sites (N-methyl/N-ethyl adjacent to an activating group) is 1. The van der Waals surface area contributed by atoms with Gasteiger partial charge in [-0.3, -0.25) is 4.90 Å². The standard InChI is InChI=1S/C22H27N3/c1-4-25(5-2)22(19-15-23-20-9-7-6-8-18(19)20)17-10-11-21-16(14-17)12-13-24(21)3/h6-11,14-15,22-23H,4-5,12-13H2,1-3H3. The molecule has 1 aromatic heterocycles. The topological polar surface area (TPSA) is 22.3 Å². The maximum Gasteiger partial charge on any atom is 0.0622 e. The van der Waals surface area contributed by atoms with Crippen molar-refractivity contribution in [3.8, 4) is 0 Å². The number of benzene rings is 2. The molecule has 0 bridgehead atoms. The Morgan fingerprint density at radius 2 is 1.92 bits per heavy atom. The van der Waals surface area contributed by atoms with Crippen molar-refractivity contribution in [1.82, 2.24) is 9.88 Å². The van der Waals surface area contributed by atoms with Crippen LogP contribution in [0.5, 0.6) is 0 Å². The second-order valence-corrected chi connectivity index (χ2v) is 6.97. The summed E-state index contributed by atoms with van der Waals surface area (Å²) in [6, 6.07) is 16.0. The number of para-hydroxylation sites is 1. The highest BCUT2D eigenvalue weighted by molar-refractivity contribution is 5.84. The Balaban J connectivity index is 1.85. The van der Waals surface area contributed by atoms with Crippen molar-refractivity contribution >= 4 is 16.6 Å². The fourth-order valence-electron chi connectivity index (χ4n) is 4.25. The number of nitrogens with one attached hydrogen (secondary N) is 1. The minimum atomic E-state index is 0.294. The first-order valence-electron chi connectivity index (χ1n) is 9.37. The fourth-order valence-corrected chi connectivity index (χ4v) is 4.25. The van der Waals surface area contributed by atoms with Gasteiger partial charge in [0.05, 0.1) is 6.04 Å². The molecule has 0 amide bonds. The van der Waals surface area contributed by atoms with E-state index in [1.54, 1.807) is 0 Å². The average Bonchev–Trinajstić information content (AvgIpc) is 3.23. The number of fused-ring (bicyclic) bond motifs is 2. The summed E-state index contributed by atoms with van der Waals surface area (Å²) in [5, 5.41) is 1.33. The van der Waals surface area contributed by atoms with Crippen molar-refractivity contribution < 1.29 is 0 Å². The first-order valence-corrected chi connectivity index (χ1v) is 9.37. The van der Waals surface area contributed by atoms with E-state index in [2.05, 4.69) is 84.3 Å². The lowest BCUT2D eigenvalue weighted by molar-refractivity contribution is 0.252. The molecule has 2 aromatic carbocycles. The Hall–Kier alpha value is -2.26. The lowest BCUT2D eigenvalue weighted by Gasteiger charge is -2.30. The number of hydrogen-bond acceptors (Lipinski definition) is 2. The summed E-state index contributed by atoms with van der Waals surface area (Å²) < 4.78 is 0. The van der Waals surface area contributed by atoms with Crippen molar-refractivity contribution in [3.63, 3.8) is 0 Å². The van der Waals surface area contributed by atoms with Crippen LogP contribution in [-0.4, -0.2) is 36.6 Å². The van der Waals surface area contributed by atoms with Crippen molar-refractivity contribution in [2.24, 2.45) is 0 Å². The molecule has 1 aliphatic rings. The smallest absolute Gasteiger partial charge is 0.0622 e. The third-order valence-electron chi connectivity index (χ3n) is 5.64. The van der Waals surface area contributed by atoms with E-state index in [9.17, 15) is 0 Å². The Morgan fingerprint density at radius 1 is 1.12 bits per heavy atom. The van der Waals surface area contributed by atoms with Crippen LogP contribution in [0.4, 0.5) is 5.69 Å². The Kier molecular flexibility index (Phi) is 4.26. The average molecular weight is 333 g/mol. The second kappa shape index (κ2) is 6.57. The Bertz CT molecular complexity index is 876. The summed E-state index contributed by atoms with van der Waals surface area (Å²) in [5.41, 5.74) is 6.88. The molecular formula is C22H27N3. The summed E-state index contributed by atoms with van der Waals surface area (Å²) in [6.45, 7) is 7.72. The molecule has 0 saturated carbocycles. The van der Waals surface area contributed by atoms with Crippen LogP contribution in [0.2, 0.25) is 0 Å². The van der Waals surface area contributed by atoms with Crippen LogP contribution in [0.25, 0.3) is 10.9 Å². The number of hydrogen-bond donors (Lipinski definition) is 1. The van der Waals surface area contributed by atoms with Crippen LogP contribution < -0.4 is 4.90 Å². The molecule has 3 aromatic rings. The van der Waals surface area contributed by atoms with Gasteiger partial charge < -0.3 is 9.88 Å². The molecule has 1 unspecified atom stereocenters.